The fourth-order valence-electron chi connectivity index (χ4n) is 0.557. The maximum atomic E-state index is 8.95. The SMILES string of the molecule is C/C=C(O)\C=C/CC(C)C. The Morgan fingerprint density at radius 2 is 2.10 bits per heavy atom. The Bertz CT molecular complexity index is 132. The number of aliphatic hydroxyl groups is 1. The lowest BCUT2D eigenvalue weighted by Crippen LogP contribution is -1.81. The van der Waals surface area contributed by atoms with Crippen molar-refractivity contribution >= 4 is 0 Å². The Morgan fingerprint density at radius 1 is 1.50 bits per heavy atom. The summed E-state index contributed by atoms with van der Waals surface area (Å²) in [5.74, 6) is 1.02. The molecule has 0 aliphatic carbocycles. The van der Waals surface area contributed by atoms with E-state index >= 15 is 0 Å². The highest BCUT2D eigenvalue weighted by molar-refractivity contribution is 5.08. The Balaban J connectivity index is 3.56. The second kappa shape index (κ2) is 5.10. The molecule has 1 heteroatoms. The van der Waals surface area contributed by atoms with Gasteiger partial charge in [-0.25, -0.2) is 0 Å². The summed E-state index contributed by atoms with van der Waals surface area (Å²) >= 11 is 0. The molecule has 0 heterocycles. The van der Waals surface area contributed by atoms with E-state index < -0.39 is 0 Å². The zero-order valence-corrected chi connectivity index (χ0v) is 6.96. The quantitative estimate of drug-likeness (QED) is 0.472. The van der Waals surface area contributed by atoms with Crippen molar-refractivity contribution in [3.05, 3.63) is 24.0 Å². The molecule has 58 valence electrons. The lowest BCUT2D eigenvalue weighted by Gasteiger charge is -1.95. The zero-order valence-electron chi connectivity index (χ0n) is 6.96. The highest BCUT2D eigenvalue weighted by Gasteiger charge is 1.87. The molecular weight excluding hydrogens is 124 g/mol. The van der Waals surface area contributed by atoms with Gasteiger partial charge >= 0.3 is 0 Å². The minimum atomic E-state index is 0.348. The molecule has 1 nitrogen and oxygen atoms in total. The van der Waals surface area contributed by atoms with Crippen LogP contribution in [0, 0.1) is 5.92 Å². The first-order valence-electron chi connectivity index (χ1n) is 3.68. The average Bonchev–Trinajstić information content (AvgIpc) is 1.87. The van der Waals surface area contributed by atoms with E-state index in [1.807, 2.05) is 13.0 Å². The van der Waals surface area contributed by atoms with Crippen LogP contribution in [-0.4, -0.2) is 5.11 Å². The molecule has 0 radical (unpaired) electrons. The van der Waals surface area contributed by atoms with E-state index in [2.05, 4.69) is 13.8 Å². The molecule has 0 aromatic carbocycles. The van der Waals surface area contributed by atoms with Gasteiger partial charge in [0.2, 0.25) is 0 Å². The van der Waals surface area contributed by atoms with E-state index in [4.69, 9.17) is 5.11 Å². The average molecular weight is 140 g/mol. The van der Waals surface area contributed by atoms with Crippen molar-refractivity contribution in [2.75, 3.05) is 0 Å². The molecule has 0 aromatic rings. The fraction of sp³-hybridized carbons (Fsp3) is 0.556. The Hall–Kier alpha value is -0.720. The van der Waals surface area contributed by atoms with Crippen LogP contribution in [0.2, 0.25) is 0 Å². The van der Waals surface area contributed by atoms with E-state index in [-0.39, 0.29) is 0 Å². The normalized spacial score (nSPS) is 13.4. The summed E-state index contributed by atoms with van der Waals surface area (Å²) in [6.45, 7) is 6.11. The minimum Gasteiger partial charge on any atom is -0.508 e. The summed E-state index contributed by atoms with van der Waals surface area (Å²) in [6, 6.07) is 0. The van der Waals surface area contributed by atoms with Gasteiger partial charge < -0.3 is 5.11 Å². The van der Waals surface area contributed by atoms with Crippen molar-refractivity contribution in [2.24, 2.45) is 5.92 Å². The van der Waals surface area contributed by atoms with Crippen LogP contribution in [0.1, 0.15) is 27.2 Å². The van der Waals surface area contributed by atoms with Gasteiger partial charge in [-0.15, -0.1) is 0 Å². The number of rotatable bonds is 3. The maximum absolute atomic E-state index is 8.95. The molecule has 0 spiro atoms. The Labute approximate surface area is 63.1 Å². The summed E-state index contributed by atoms with van der Waals surface area (Å²) in [5.41, 5.74) is 0. The van der Waals surface area contributed by atoms with Crippen LogP contribution in [0.15, 0.2) is 24.0 Å². The number of aliphatic hydroxyl groups excluding tert-OH is 1. The molecule has 0 unspecified atom stereocenters. The molecule has 0 saturated carbocycles. The third-order valence-electron chi connectivity index (χ3n) is 1.19. The van der Waals surface area contributed by atoms with Crippen molar-refractivity contribution in [2.45, 2.75) is 27.2 Å². The first-order chi connectivity index (χ1) is 4.66. The first-order valence-corrected chi connectivity index (χ1v) is 3.68. The zero-order chi connectivity index (χ0) is 7.98. The maximum Gasteiger partial charge on any atom is 0.110 e. The third kappa shape index (κ3) is 5.42. The monoisotopic (exact) mass is 140 g/mol. The minimum absolute atomic E-state index is 0.348. The van der Waals surface area contributed by atoms with E-state index in [1.165, 1.54) is 0 Å². The molecule has 0 fully saturated rings. The van der Waals surface area contributed by atoms with Crippen LogP contribution in [0.3, 0.4) is 0 Å². The molecule has 10 heavy (non-hydrogen) atoms. The Morgan fingerprint density at radius 3 is 2.50 bits per heavy atom. The summed E-state index contributed by atoms with van der Waals surface area (Å²) in [4.78, 5) is 0. The molecule has 0 saturated heterocycles. The van der Waals surface area contributed by atoms with Crippen molar-refractivity contribution in [3.63, 3.8) is 0 Å². The number of hydrogen-bond acceptors (Lipinski definition) is 1. The number of allylic oxidation sites excluding steroid dienone is 3. The van der Waals surface area contributed by atoms with Crippen LogP contribution in [-0.2, 0) is 0 Å². The van der Waals surface area contributed by atoms with Crippen LogP contribution >= 0.6 is 0 Å². The van der Waals surface area contributed by atoms with E-state index in [0.717, 1.165) is 6.42 Å². The van der Waals surface area contributed by atoms with E-state index in [0.29, 0.717) is 11.7 Å². The van der Waals surface area contributed by atoms with Gasteiger partial charge in [0.05, 0.1) is 0 Å². The summed E-state index contributed by atoms with van der Waals surface area (Å²) < 4.78 is 0. The van der Waals surface area contributed by atoms with Gasteiger partial charge in [0, 0.05) is 0 Å². The standard InChI is InChI=1S/C9H16O/c1-4-9(10)7-5-6-8(2)3/h4-5,7-8,10H,6H2,1-3H3/b7-5-,9-4+. The van der Waals surface area contributed by atoms with Crippen molar-refractivity contribution < 1.29 is 5.11 Å². The smallest absolute Gasteiger partial charge is 0.110 e. The largest absolute Gasteiger partial charge is 0.508 e. The lowest BCUT2D eigenvalue weighted by atomic mass is 10.1. The fourth-order valence-corrected chi connectivity index (χ4v) is 0.557. The second-order valence-corrected chi connectivity index (χ2v) is 2.75. The van der Waals surface area contributed by atoms with Crippen LogP contribution in [0.4, 0.5) is 0 Å². The highest BCUT2D eigenvalue weighted by atomic mass is 16.3. The first kappa shape index (κ1) is 9.28. The van der Waals surface area contributed by atoms with Crippen LogP contribution < -0.4 is 0 Å². The van der Waals surface area contributed by atoms with Crippen molar-refractivity contribution in [1.82, 2.24) is 0 Å². The molecule has 0 aliphatic heterocycles. The van der Waals surface area contributed by atoms with Gasteiger partial charge in [-0.1, -0.05) is 19.9 Å². The van der Waals surface area contributed by atoms with Gasteiger partial charge in [-0.05, 0) is 31.4 Å². The molecule has 0 bridgehead atoms. The lowest BCUT2D eigenvalue weighted by molar-refractivity contribution is 0.431. The van der Waals surface area contributed by atoms with Gasteiger partial charge in [0.25, 0.3) is 0 Å². The molecule has 0 aliphatic rings. The summed E-state index contributed by atoms with van der Waals surface area (Å²) in [6.07, 6.45) is 6.43. The predicted molar refractivity (Wildman–Crippen MR) is 45.0 cm³/mol. The van der Waals surface area contributed by atoms with Crippen LogP contribution in [0.5, 0.6) is 0 Å². The molecular formula is C9H16O. The molecule has 0 amide bonds. The van der Waals surface area contributed by atoms with E-state index in [1.54, 1.807) is 12.2 Å². The molecule has 0 rings (SSSR count). The van der Waals surface area contributed by atoms with Gasteiger partial charge in [0.15, 0.2) is 0 Å². The van der Waals surface area contributed by atoms with Gasteiger partial charge in [0.1, 0.15) is 5.76 Å². The Kier molecular flexibility index (Phi) is 4.73. The van der Waals surface area contributed by atoms with Crippen LogP contribution in [0.25, 0.3) is 0 Å². The van der Waals surface area contributed by atoms with Crippen molar-refractivity contribution in [3.8, 4) is 0 Å². The highest BCUT2D eigenvalue weighted by Crippen LogP contribution is 2.01. The molecule has 0 atom stereocenters. The van der Waals surface area contributed by atoms with E-state index in [9.17, 15) is 0 Å². The van der Waals surface area contributed by atoms with Gasteiger partial charge in [-0.2, -0.15) is 0 Å². The second-order valence-electron chi connectivity index (χ2n) is 2.75. The summed E-state index contributed by atoms with van der Waals surface area (Å²) in [5, 5.41) is 8.95. The molecule has 1 N–H and O–H groups in total. The predicted octanol–water partition coefficient (Wildman–Crippen LogP) is 3.05. The summed E-state index contributed by atoms with van der Waals surface area (Å²) in [7, 11) is 0. The van der Waals surface area contributed by atoms with Gasteiger partial charge in [-0.3, -0.25) is 0 Å². The van der Waals surface area contributed by atoms with Crippen molar-refractivity contribution in [1.29, 1.82) is 0 Å². The third-order valence-corrected chi connectivity index (χ3v) is 1.19. The number of hydrogen-bond donors (Lipinski definition) is 1. The molecule has 0 aromatic heterocycles. The topological polar surface area (TPSA) is 20.2 Å².